The average molecular weight is 235 g/mol. The number of rotatable bonds is 5. The Morgan fingerprint density at radius 1 is 1.29 bits per heavy atom. The highest BCUT2D eigenvalue weighted by atomic mass is 16.4. The molecule has 0 aliphatic rings. The molecule has 0 saturated heterocycles. The molecule has 0 saturated carbocycles. The van der Waals surface area contributed by atoms with Gasteiger partial charge >= 0.3 is 7.12 Å². The SMILES string of the molecule is CCC(C)(C)N(C)Cc1cccc(B(O)O)c1. The highest BCUT2D eigenvalue weighted by Gasteiger charge is 2.21. The number of nitrogens with zero attached hydrogens (tertiary/aromatic N) is 1. The van der Waals surface area contributed by atoms with E-state index in [9.17, 15) is 0 Å². The minimum absolute atomic E-state index is 0.147. The van der Waals surface area contributed by atoms with E-state index in [4.69, 9.17) is 10.0 Å². The maximum absolute atomic E-state index is 9.13. The Balaban J connectivity index is 2.78. The summed E-state index contributed by atoms with van der Waals surface area (Å²) in [7, 11) is 0.699. The number of benzene rings is 1. The fraction of sp³-hybridized carbons (Fsp3) is 0.538. The second kappa shape index (κ2) is 5.67. The molecule has 0 aliphatic heterocycles. The van der Waals surface area contributed by atoms with Crippen molar-refractivity contribution in [1.29, 1.82) is 0 Å². The standard InChI is InChI=1S/C13H22BNO2/c1-5-13(2,3)15(4)10-11-7-6-8-12(9-11)14(16)17/h6-9,16-17H,5,10H2,1-4H3. The van der Waals surface area contributed by atoms with Crippen LogP contribution in [0.2, 0.25) is 0 Å². The molecule has 0 aromatic heterocycles. The average Bonchev–Trinajstić information content (AvgIpc) is 2.29. The minimum atomic E-state index is -1.39. The molecule has 94 valence electrons. The van der Waals surface area contributed by atoms with Gasteiger partial charge in [-0.05, 0) is 38.3 Å². The van der Waals surface area contributed by atoms with Gasteiger partial charge in [-0.1, -0.05) is 31.2 Å². The lowest BCUT2D eigenvalue weighted by Crippen LogP contribution is -2.40. The normalized spacial score (nSPS) is 11.9. The highest BCUT2D eigenvalue weighted by molar-refractivity contribution is 6.58. The van der Waals surface area contributed by atoms with Crippen LogP contribution in [-0.4, -0.2) is 34.7 Å². The third-order valence-corrected chi connectivity index (χ3v) is 3.57. The molecule has 17 heavy (non-hydrogen) atoms. The van der Waals surface area contributed by atoms with Crippen LogP contribution < -0.4 is 5.46 Å². The molecular weight excluding hydrogens is 213 g/mol. The molecule has 0 fully saturated rings. The number of hydrogen-bond acceptors (Lipinski definition) is 3. The Morgan fingerprint density at radius 3 is 2.47 bits per heavy atom. The molecule has 0 radical (unpaired) electrons. The van der Waals surface area contributed by atoms with Gasteiger partial charge in [0.05, 0.1) is 0 Å². The molecule has 1 aromatic carbocycles. The zero-order valence-corrected chi connectivity index (χ0v) is 11.1. The van der Waals surface area contributed by atoms with Crippen LogP contribution in [0.5, 0.6) is 0 Å². The monoisotopic (exact) mass is 235 g/mol. The third kappa shape index (κ3) is 3.84. The van der Waals surface area contributed by atoms with Gasteiger partial charge in [0.1, 0.15) is 0 Å². The molecule has 1 rings (SSSR count). The summed E-state index contributed by atoms with van der Waals surface area (Å²) in [6, 6.07) is 7.43. The summed E-state index contributed by atoms with van der Waals surface area (Å²) in [5.74, 6) is 0. The molecule has 0 atom stereocenters. The summed E-state index contributed by atoms with van der Waals surface area (Å²) in [5.41, 5.74) is 1.79. The highest BCUT2D eigenvalue weighted by Crippen LogP contribution is 2.18. The van der Waals surface area contributed by atoms with Crippen LogP contribution in [0.1, 0.15) is 32.8 Å². The van der Waals surface area contributed by atoms with Crippen LogP contribution >= 0.6 is 0 Å². The Hall–Kier alpha value is -0.835. The maximum atomic E-state index is 9.13. The van der Waals surface area contributed by atoms with Gasteiger partial charge in [0.2, 0.25) is 0 Å². The molecule has 4 heteroatoms. The zero-order chi connectivity index (χ0) is 13.1. The van der Waals surface area contributed by atoms with Crippen molar-refractivity contribution in [1.82, 2.24) is 4.90 Å². The summed E-state index contributed by atoms with van der Waals surface area (Å²) < 4.78 is 0. The van der Waals surface area contributed by atoms with E-state index >= 15 is 0 Å². The van der Waals surface area contributed by atoms with Crippen LogP contribution in [0.4, 0.5) is 0 Å². The van der Waals surface area contributed by atoms with Gasteiger partial charge in [-0.15, -0.1) is 0 Å². The fourth-order valence-electron chi connectivity index (χ4n) is 1.61. The van der Waals surface area contributed by atoms with Gasteiger partial charge in [-0.2, -0.15) is 0 Å². The third-order valence-electron chi connectivity index (χ3n) is 3.57. The van der Waals surface area contributed by atoms with Gasteiger partial charge in [0.25, 0.3) is 0 Å². The molecule has 2 N–H and O–H groups in total. The zero-order valence-electron chi connectivity index (χ0n) is 11.1. The van der Waals surface area contributed by atoms with Crippen LogP contribution in [0.25, 0.3) is 0 Å². The van der Waals surface area contributed by atoms with Gasteiger partial charge in [-0.25, -0.2) is 0 Å². The first kappa shape index (κ1) is 14.2. The van der Waals surface area contributed by atoms with Crippen molar-refractivity contribution >= 4 is 12.6 Å². The van der Waals surface area contributed by atoms with E-state index in [0.29, 0.717) is 5.46 Å². The van der Waals surface area contributed by atoms with Crippen molar-refractivity contribution in [2.45, 2.75) is 39.3 Å². The van der Waals surface area contributed by atoms with E-state index in [0.717, 1.165) is 18.5 Å². The summed E-state index contributed by atoms with van der Waals surface area (Å²) in [5, 5.41) is 18.3. The van der Waals surface area contributed by atoms with Crippen LogP contribution in [0.15, 0.2) is 24.3 Å². The summed E-state index contributed by atoms with van der Waals surface area (Å²) in [6.07, 6.45) is 1.08. The quantitative estimate of drug-likeness (QED) is 0.748. The lowest BCUT2D eigenvalue weighted by molar-refractivity contribution is 0.143. The lowest BCUT2D eigenvalue weighted by atomic mass is 9.79. The second-order valence-electron chi connectivity index (χ2n) is 5.14. The molecule has 0 heterocycles. The molecule has 0 bridgehead atoms. The maximum Gasteiger partial charge on any atom is 0.488 e. The summed E-state index contributed by atoms with van der Waals surface area (Å²) in [6.45, 7) is 7.39. The molecule has 0 unspecified atom stereocenters. The van der Waals surface area contributed by atoms with Crippen molar-refractivity contribution in [2.24, 2.45) is 0 Å². The molecule has 1 aromatic rings. The molecule has 0 spiro atoms. The topological polar surface area (TPSA) is 43.7 Å². The largest absolute Gasteiger partial charge is 0.488 e. The van der Waals surface area contributed by atoms with E-state index in [1.807, 2.05) is 18.2 Å². The predicted molar refractivity (Wildman–Crippen MR) is 72.1 cm³/mol. The fourth-order valence-corrected chi connectivity index (χ4v) is 1.61. The van der Waals surface area contributed by atoms with Gasteiger partial charge in [-0.3, -0.25) is 4.90 Å². The van der Waals surface area contributed by atoms with Gasteiger partial charge in [0.15, 0.2) is 0 Å². The predicted octanol–water partition coefficient (Wildman–Crippen LogP) is 0.987. The van der Waals surface area contributed by atoms with E-state index in [-0.39, 0.29) is 5.54 Å². The van der Waals surface area contributed by atoms with Gasteiger partial charge in [0, 0.05) is 12.1 Å². The van der Waals surface area contributed by atoms with Crippen molar-refractivity contribution in [3.63, 3.8) is 0 Å². The minimum Gasteiger partial charge on any atom is -0.423 e. The Bertz CT molecular complexity index is 366. The van der Waals surface area contributed by atoms with Gasteiger partial charge < -0.3 is 10.0 Å². The van der Waals surface area contributed by atoms with Crippen LogP contribution in [-0.2, 0) is 6.54 Å². The first-order chi connectivity index (χ1) is 7.86. The Labute approximate surface area is 104 Å². The molecule has 0 aliphatic carbocycles. The molecule has 3 nitrogen and oxygen atoms in total. The van der Waals surface area contributed by atoms with Crippen LogP contribution in [0.3, 0.4) is 0 Å². The first-order valence-electron chi connectivity index (χ1n) is 6.03. The summed E-state index contributed by atoms with van der Waals surface area (Å²) in [4.78, 5) is 2.27. The van der Waals surface area contributed by atoms with Crippen LogP contribution in [0, 0.1) is 0 Å². The first-order valence-corrected chi connectivity index (χ1v) is 6.03. The second-order valence-corrected chi connectivity index (χ2v) is 5.14. The van der Waals surface area contributed by atoms with Crippen molar-refractivity contribution < 1.29 is 10.0 Å². The van der Waals surface area contributed by atoms with E-state index < -0.39 is 7.12 Å². The van der Waals surface area contributed by atoms with E-state index in [1.165, 1.54) is 0 Å². The lowest BCUT2D eigenvalue weighted by Gasteiger charge is -2.35. The van der Waals surface area contributed by atoms with E-state index in [1.54, 1.807) is 6.07 Å². The Morgan fingerprint density at radius 2 is 1.94 bits per heavy atom. The van der Waals surface area contributed by atoms with Crippen molar-refractivity contribution in [3.8, 4) is 0 Å². The Kier molecular flexibility index (Phi) is 4.75. The number of hydrogen-bond donors (Lipinski definition) is 2. The summed E-state index contributed by atoms with van der Waals surface area (Å²) >= 11 is 0. The van der Waals surface area contributed by atoms with Crippen molar-refractivity contribution in [3.05, 3.63) is 29.8 Å². The smallest absolute Gasteiger partial charge is 0.423 e. The van der Waals surface area contributed by atoms with Crippen molar-refractivity contribution in [2.75, 3.05) is 7.05 Å². The molecule has 0 amide bonds. The van der Waals surface area contributed by atoms with E-state index in [2.05, 4.69) is 32.7 Å². The molecular formula is C13H22BNO2.